The Kier molecular flexibility index (Phi) is 4.93. The Morgan fingerprint density at radius 3 is 2.50 bits per heavy atom. The molecule has 0 amide bonds. The average Bonchev–Trinajstić information content (AvgIpc) is 2.96. The molecular formula is C24H40O2. The van der Waals surface area contributed by atoms with Crippen molar-refractivity contribution in [3.8, 4) is 0 Å². The van der Waals surface area contributed by atoms with Crippen molar-refractivity contribution in [1.29, 1.82) is 0 Å². The Labute approximate surface area is 160 Å². The van der Waals surface area contributed by atoms with E-state index in [1.165, 1.54) is 64.2 Å². The van der Waals surface area contributed by atoms with Gasteiger partial charge in [0.15, 0.2) is 0 Å². The Morgan fingerprint density at radius 2 is 1.73 bits per heavy atom. The first-order valence-electron chi connectivity index (χ1n) is 11.6. The van der Waals surface area contributed by atoms with Gasteiger partial charge in [-0.15, -0.1) is 0 Å². The number of carboxylic acid groups (broad SMARTS) is 1. The van der Waals surface area contributed by atoms with E-state index in [1.54, 1.807) is 0 Å². The first-order valence-corrected chi connectivity index (χ1v) is 11.6. The van der Waals surface area contributed by atoms with Crippen LogP contribution in [0.4, 0.5) is 0 Å². The number of aliphatic carboxylic acids is 1. The monoisotopic (exact) mass is 360 g/mol. The Hall–Kier alpha value is -0.530. The number of carboxylic acids is 1. The van der Waals surface area contributed by atoms with Gasteiger partial charge in [-0.1, -0.05) is 33.6 Å². The van der Waals surface area contributed by atoms with Gasteiger partial charge in [-0.3, -0.25) is 4.79 Å². The summed E-state index contributed by atoms with van der Waals surface area (Å²) in [5.74, 6) is 4.57. The number of rotatable bonds is 4. The van der Waals surface area contributed by atoms with Crippen LogP contribution in [0.5, 0.6) is 0 Å². The molecule has 0 aromatic carbocycles. The van der Waals surface area contributed by atoms with E-state index >= 15 is 0 Å². The second-order valence-electron chi connectivity index (χ2n) is 11.0. The van der Waals surface area contributed by atoms with Gasteiger partial charge in [0.2, 0.25) is 0 Å². The van der Waals surface area contributed by atoms with Crippen molar-refractivity contribution in [2.45, 2.75) is 97.8 Å². The van der Waals surface area contributed by atoms with Gasteiger partial charge in [0, 0.05) is 6.42 Å². The molecule has 4 aliphatic rings. The third-order valence-corrected chi connectivity index (χ3v) is 10.2. The first kappa shape index (κ1) is 18.8. The lowest BCUT2D eigenvalue weighted by molar-refractivity contribution is -0.137. The van der Waals surface area contributed by atoms with Crippen LogP contribution in [0.25, 0.3) is 0 Å². The van der Waals surface area contributed by atoms with E-state index in [0.29, 0.717) is 23.2 Å². The van der Waals surface area contributed by atoms with Gasteiger partial charge in [0.05, 0.1) is 0 Å². The van der Waals surface area contributed by atoms with Crippen molar-refractivity contribution < 1.29 is 9.90 Å². The number of hydrogen-bond donors (Lipinski definition) is 1. The van der Waals surface area contributed by atoms with Gasteiger partial charge in [0.25, 0.3) is 0 Å². The van der Waals surface area contributed by atoms with Crippen LogP contribution < -0.4 is 0 Å². The summed E-state index contributed by atoms with van der Waals surface area (Å²) in [7, 11) is 0. The topological polar surface area (TPSA) is 37.3 Å². The molecule has 8 atom stereocenters. The second-order valence-corrected chi connectivity index (χ2v) is 11.0. The fourth-order valence-corrected chi connectivity index (χ4v) is 8.82. The van der Waals surface area contributed by atoms with Crippen molar-refractivity contribution in [1.82, 2.24) is 0 Å². The molecule has 0 aromatic heterocycles. The van der Waals surface area contributed by atoms with Gasteiger partial charge in [-0.2, -0.15) is 0 Å². The van der Waals surface area contributed by atoms with E-state index in [-0.39, 0.29) is 0 Å². The summed E-state index contributed by atoms with van der Waals surface area (Å²) in [5.41, 5.74) is 1.12. The van der Waals surface area contributed by atoms with Gasteiger partial charge in [-0.25, -0.2) is 0 Å². The standard InChI is InChI=1S/C24H40O2/c1-16(7-12-22(25)26)19-10-11-20-18-9-8-17-6-4-5-14-23(17,2)21(18)13-15-24(19,20)3/h16-21H,4-15H2,1-3H3,(H,25,26)/t16-,17+,18-,19-,20+,21+,23+,24-/m1/s1. The summed E-state index contributed by atoms with van der Waals surface area (Å²) in [5, 5.41) is 9.09. The van der Waals surface area contributed by atoms with Gasteiger partial charge in [-0.05, 0) is 104 Å². The molecule has 0 heterocycles. The van der Waals surface area contributed by atoms with E-state index in [0.717, 1.165) is 36.0 Å². The molecule has 148 valence electrons. The predicted octanol–water partition coefficient (Wildman–Crippen LogP) is 6.54. The quantitative estimate of drug-likeness (QED) is 0.618. The average molecular weight is 361 g/mol. The zero-order chi connectivity index (χ0) is 18.5. The zero-order valence-corrected chi connectivity index (χ0v) is 17.3. The van der Waals surface area contributed by atoms with Crippen LogP contribution in [-0.2, 0) is 4.79 Å². The fraction of sp³-hybridized carbons (Fsp3) is 0.958. The molecule has 2 nitrogen and oxygen atoms in total. The summed E-state index contributed by atoms with van der Waals surface area (Å²) < 4.78 is 0. The summed E-state index contributed by atoms with van der Waals surface area (Å²) in [4.78, 5) is 11.0. The fourth-order valence-electron chi connectivity index (χ4n) is 8.82. The maximum atomic E-state index is 11.0. The molecule has 0 unspecified atom stereocenters. The summed E-state index contributed by atoms with van der Waals surface area (Å²) in [6.07, 6.45) is 15.7. The van der Waals surface area contributed by atoms with Crippen LogP contribution in [0, 0.1) is 46.3 Å². The van der Waals surface area contributed by atoms with Crippen molar-refractivity contribution in [3.63, 3.8) is 0 Å². The minimum Gasteiger partial charge on any atom is -0.481 e. The van der Waals surface area contributed by atoms with Crippen molar-refractivity contribution in [3.05, 3.63) is 0 Å². The van der Waals surface area contributed by atoms with Crippen LogP contribution in [0.15, 0.2) is 0 Å². The normalized spacial score (nSPS) is 49.0. The minimum atomic E-state index is -0.621. The minimum absolute atomic E-state index is 0.351. The smallest absolute Gasteiger partial charge is 0.303 e. The summed E-state index contributed by atoms with van der Waals surface area (Å²) in [6.45, 7) is 7.60. The third kappa shape index (κ3) is 2.85. The lowest BCUT2D eigenvalue weighted by Crippen LogP contribution is -2.53. The highest BCUT2D eigenvalue weighted by Gasteiger charge is 2.60. The molecule has 1 N–H and O–H groups in total. The maximum Gasteiger partial charge on any atom is 0.303 e. The third-order valence-electron chi connectivity index (χ3n) is 10.2. The van der Waals surface area contributed by atoms with E-state index in [1.807, 2.05) is 0 Å². The van der Waals surface area contributed by atoms with Crippen LogP contribution >= 0.6 is 0 Å². The summed E-state index contributed by atoms with van der Waals surface area (Å²) in [6, 6.07) is 0. The molecule has 2 heteroatoms. The van der Waals surface area contributed by atoms with E-state index in [9.17, 15) is 4.79 Å². The largest absolute Gasteiger partial charge is 0.481 e. The molecule has 0 bridgehead atoms. The highest BCUT2D eigenvalue weighted by molar-refractivity contribution is 5.66. The van der Waals surface area contributed by atoms with Crippen molar-refractivity contribution in [2.24, 2.45) is 46.3 Å². The molecule has 4 rings (SSSR count). The molecule has 0 aromatic rings. The molecule has 0 spiro atoms. The Balaban J connectivity index is 1.52. The number of hydrogen-bond acceptors (Lipinski definition) is 1. The van der Waals surface area contributed by atoms with Crippen LogP contribution in [0.1, 0.15) is 97.8 Å². The highest BCUT2D eigenvalue weighted by Crippen LogP contribution is 2.68. The van der Waals surface area contributed by atoms with Crippen LogP contribution in [0.2, 0.25) is 0 Å². The molecule has 26 heavy (non-hydrogen) atoms. The lowest BCUT2D eigenvalue weighted by atomic mass is 9.44. The zero-order valence-electron chi connectivity index (χ0n) is 17.3. The summed E-state index contributed by atoms with van der Waals surface area (Å²) >= 11 is 0. The molecule has 4 aliphatic carbocycles. The lowest BCUT2D eigenvalue weighted by Gasteiger charge is -2.61. The van der Waals surface area contributed by atoms with E-state index < -0.39 is 5.97 Å². The highest BCUT2D eigenvalue weighted by atomic mass is 16.4. The second kappa shape index (κ2) is 6.82. The Bertz CT molecular complexity index is 542. The van der Waals surface area contributed by atoms with Crippen molar-refractivity contribution >= 4 is 5.97 Å². The van der Waals surface area contributed by atoms with Crippen LogP contribution in [0.3, 0.4) is 0 Å². The predicted molar refractivity (Wildman–Crippen MR) is 106 cm³/mol. The van der Waals surface area contributed by atoms with Gasteiger partial charge in [0.1, 0.15) is 0 Å². The van der Waals surface area contributed by atoms with Crippen molar-refractivity contribution in [2.75, 3.05) is 0 Å². The molecule has 0 aliphatic heterocycles. The molecule has 4 fully saturated rings. The van der Waals surface area contributed by atoms with Crippen LogP contribution in [-0.4, -0.2) is 11.1 Å². The molecular weight excluding hydrogens is 320 g/mol. The molecule has 0 saturated heterocycles. The first-order chi connectivity index (χ1) is 12.4. The SMILES string of the molecule is C[C@H](CCC(=O)O)[C@H]1CC[C@H]2[C@H]3CC[C@@H]4CCCC[C@]4(C)[C@H]3CC[C@]12C. The van der Waals surface area contributed by atoms with E-state index in [4.69, 9.17) is 5.11 Å². The maximum absolute atomic E-state index is 11.0. The van der Waals surface area contributed by atoms with Gasteiger partial charge < -0.3 is 5.11 Å². The molecule has 0 radical (unpaired) electrons. The molecule has 4 saturated carbocycles. The number of carbonyl (C=O) groups is 1. The van der Waals surface area contributed by atoms with E-state index in [2.05, 4.69) is 20.8 Å². The number of fused-ring (bicyclic) bond motifs is 5. The van der Waals surface area contributed by atoms with Gasteiger partial charge >= 0.3 is 5.97 Å². The Morgan fingerprint density at radius 1 is 0.962 bits per heavy atom.